The molecule has 0 amide bonds. The summed E-state index contributed by atoms with van der Waals surface area (Å²) >= 11 is 0. The van der Waals surface area contributed by atoms with Gasteiger partial charge in [0, 0.05) is 12.5 Å². The normalized spacial score (nSPS) is 26.9. The summed E-state index contributed by atoms with van der Waals surface area (Å²) < 4.78 is 0. The summed E-state index contributed by atoms with van der Waals surface area (Å²) in [5.74, 6) is 0.367. The van der Waals surface area contributed by atoms with Crippen molar-refractivity contribution in [2.24, 2.45) is 5.73 Å². The molecule has 1 aromatic carbocycles. The largest absolute Gasteiger partial charge is 0.392 e. The zero-order valence-corrected chi connectivity index (χ0v) is 7.61. The zero-order valence-electron chi connectivity index (χ0n) is 7.61. The van der Waals surface area contributed by atoms with Gasteiger partial charge in [0.25, 0.3) is 0 Å². The molecule has 0 heterocycles. The Bertz CT molecular complexity index is 281. The number of rotatable bonds is 2. The average Bonchev–Trinajstić information content (AvgIpc) is 2.17. The molecule has 3 N–H and O–H groups in total. The van der Waals surface area contributed by atoms with E-state index < -0.39 is 0 Å². The lowest BCUT2D eigenvalue weighted by atomic mass is 9.77. The second-order valence-electron chi connectivity index (χ2n) is 3.70. The van der Waals surface area contributed by atoms with Crippen molar-refractivity contribution in [1.82, 2.24) is 0 Å². The van der Waals surface area contributed by atoms with E-state index in [1.807, 2.05) is 12.1 Å². The Kier molecular flexibility index (Phi) is 2.34. The van der Waals surface area contributed by atoms with Crippen LogP contribution in [0.5, 0.6) is 0 Å². The van der Waals surface area contributed by atoms with E-state index in [9.17, 15) is 5.11 Å². The summed E-state index contributed by atoms with van der Waals surface area (Å²) in [4.78, 5) is 0. The van der Waals surface area contributed by atoms with Gasteiger partial charge in [0.05, 0.1) is 6.10 Å². The predicted octanol–water partition coefficient (Wildman–Crippen LogP) is 1.38. The molecule has 0 saturated heterocycles. The third kappa shape index (κ3) is 1.60. The van der Waals surface area contributed by atoms with Gasteiger partial charge in [-0.25, -0.2) is 0 Å². The minimum Gasteiger partial charge on any atom is -0.392 e. The summed E-state index contributed by atoms with van der Waals surface area (Å²) in [6, 6.07) is 8.24. The number of aliphatic hydroxyl groups is 1. The van der Waals surface area contributed by atoms with Crippen molar-refractivity contribution in [3.8, 4) is 0 Å². The second-order valence-corrected chi connectivity index (χ2v) is 3.70. The highest BCUT2D eigenvalue weighted by Gasteiger charge is 2.29. The third-order valence-corrected chi connectivity index (χ3v) is 2.88. The van der Waals surface area contributed by atoms with Crippen molar-refractivity contribution in [3.63, 3.8) is 0 Å². The monoisotopic (exact) mass is 177 g/mol. The quantitative estimate of drug-likeness (QED) is 0.717. The molecule has 2 atom stereocenters. The minimum atomic E-state index is -0.122. The van der Waals surface area contributed by atoms with Gasteiger partial charge >= 0.3 is 0 Å². The van der Waals surface area contributed by atoms with E-state index >= 15 is 0 Å². The molecule has 1 saturated carbocycles. The minimum absolute atomic E-state index is 0.122. The molecule has 2 rings (SSSR count). The van der Waals surface area contributed by atoms with Crippen molar-refractivity contribution >= 4 is 0 Å². The maximum absolute atomic E-state index is 9.46. The van der Waals surface area contributed by atoms with Crippen LogP contribution in [-0.4, -0.2) is 11.2 Å². The summed E-state index contributed by atoms with van der Waals surface area (Å²) in [6.45, 7) is 0.591. The van der Waals surface area contributed by atoms with Crippen LogP contribution < -0.4 is 5.73 Å². The van der Waals surface area contributed by atoms with Crippen LogP contribution in [0.25, 0.3) is 0 Å². The molecule has 1 fully saturated rings. The van der Waals surface area contributed by atoms with E-state index in [4.69, 9.17) is 5.73 Å². The summed E-state index contributed by atoms with van der Waals surface area (Å²) in [5, 5.41) is 9.46. The second kappa shape index (κ2) is 3.48. The highest BCUT2D eigenvalue weighted by molar-refractivity contribution is 5.27. The van der Waals surface area contributed by atoms with Crippen molar-refractivity contribution in [3.05, 3.63) is 35.4 Å². The van der Waals surface area contributed by atoms with Gasteiger partial charge in [-0.2, -0.15) is 0 Å². The first-order valence-corrected chi connectivity index (χ1v) is 4.78. The fourth-order valence-electron chi connectivity index (χ4n) is 1.77. The Morgan fingerprint density at radius 1 is 1.23 bits per heavy atom. The Labute approximate surface area is 78.4 Å². The molecular weight excluding hydrogens is 162 g/mol. The van der Waals surface area contributed by atoms with Gasteiger partial charge in [0.15, 0.2) is 0 Å². The van der Waals surface area contributed by atoms with Gasteiger partial charge < -0.3 is 10.8 Å². The molecule has 0 bridgehead atoms. The van der Waals surface area contributed by atoms with Gasteiger partial charge in [0.2, 0.25) is 0 Å². The SMILES string of the molecule is NCc1ccc(C2CCC2O)cc1. The fourth-order valence-corrected chi connectivity index (χ4v) is 1.77. The molecule has 2 nitrogen and oxygen atoms in total. The van der Waals surface area contributed by atoms with E-state index in [1.165, 1.54) is 5.56 Å². The summed E-state index contributed by atoms with van der Waals surface area (Å²) in [5.41, 5.74) is 7.90. The number of hydrogen-bond acceptors (Lipinski definition) is 2. The number of hydrogen-bond donors (Lipinski definition) is 2. The molecule has 0 aliphatic heterocycles. The predicted molar refractivity (Wildman–Crippen MR) is 52.3 cm³/mol. The highest BCUT2D eigenvalue weighted by atomic mass is 16.3. The lowest BCUT2D eigenvalue weighted by Gasteiger charge is -2.32. The first kappa shape index (κ1) is 8.73. The lowest BCUT2D eigenvalue weighted by Crippen LogP contribution is -2.28. The summed E-state index contributed by atoms with van der Waals surface area (Å²) in [7, 11) is 0. The maximum atomic E-state index is 9.46. The highest BCUT2D eigenvalue weighted by Crippen LogP contribution is 2.36. The number of benzene rings is 1. The smallest absolute Gasteiger partial charge is 0.0609 e. The number of aliphatic hydroxyl groups excluding tert-OH is 1. The topological polar surface area (TPSA) is 46.2 Å². The van der Waals surface area contributed by atoms with Crippen molar-refractivity contribution in [2.45, 2.75) is 31.4 Å². The molecule has 2 heteroatoms. The van der Waals surface area contributed by atoms with Crippen LogP contribution in [0.15, 0.2) is 24.3 Å². The fraction of sp³-hybridized carbons (Fsp3) is 0.455. The van der Waals surface area contributed by atoms with Crippen LogP contribution >= 0.6 is 0 Å². The molecule has 0 radical (unpaired) electrons. The van der Waals surface area contributed by atoms with Crippen LogP contribution in [0.2, 0.25) is 0 Å². The van der Waals surface area contributed by atoms with Gasteiger partial charge in [-0.3, -0.25) is 0 Å². The molecular formula is C11H15NO. The van der Waals surface area contributed by atoms with Gasteiger partial charge in [-0.15, -0.1) is 0 Å². The standard InChI is InChI=1S/C11H15NO/c12-7-8-1-3-9(4-2-8)10-5-6-11(10)13/h1-4,10-11,13H,5-7,12H2. The molecule has 1 aliphatic carbocycles. The zero-order chi connectivity index (χ0) is 9.26. The summed E-state index contributed by atoms with van der Waals surface area (Å²) in [6.07, 6.45) is 1.94. The lowest BCUT2D eigenvalue weighted by molar-refractivity contribution is 0.0661. The van der Waals surface area contributed by atoms with E-state index in [1.54, 1.807) is 0 Å². The third-order valence-electron chi connectivity index (χ3n) is 2.88. The molecule has 2 unspecified atom stereocenters. The molecule has 0 aromatic heterocycles. The van der Waals surface area contributed by atoms with E-state index in [2.05, 4.69) is 12.1 Å². The van der Waals surface area contributed by atoms with Gasteiger partial charge in [-0.1, -0.05) is 24.3 Å². The molecule has 1 aliphatic rings. The van der Waals surface area contributed by atoms with Crippen molar-refractivity contribution < 1.29 is 5.11 Å². The van der Waals surface area contributed by atoms with E-state index in [0.717, 1.165) is 18.4 Å². The first-order chi connectivity index (χ1) is 6.31. The number of nitrogens with two attached hydrogens (primary N) is 1. The Hall–Kier alpha value is -0.860. The van der Waals surface area contributed by atoms with Gasteiger partial charge in [-0.05, 0) is 24.0 Å². The van der Waals surface area contributed by atoms with E-state index in [-0.39, 0.29) is 6.10 Å². The molecule has 1 aromatic rings. The Morgan fingerprint density at radius 3 is 2.31 bits per heavy atom. The van der Waals surface area contributed by atoms with Crippen LogP contribution in [0.4, 0.5) is 0 Å². The van der Waals surface area contributed by atoms with Gasteiger partial charge in [0.1, 0.15) is 0 Å². The average molecular weight is 177 g/mol. The van der Waals surface area contributed by atoms with Crippen LogP contribution in [0, 0.1) is 0 Å². The molecule has 0 spiro atoms. The Morgan fingerprint density at radius 2 is 1.92 bits per heavy atom. The van der Waals surface area contributed by atoms with E-state index in [0.29, 0.717) is 12.5 Å². The van der Waals surface area contributed by atoms with Crippen LogP contribution in [-0.2, 0) is 6.54 Å². The van der Waals surface area contributed by atoms with Crippen LogP contribution in [0.1, 0.15) is 29.9 Å². The van der Waals surface area contributed by atoms with Crippen molar-refractivity contribution in [2.75, 3.05) is 0 Å². The Balaban J connectivity index is 2.13. The maximum Gasteiger partial charge on any atom is 0.0609 e. The first-order valence-electron chi connectivity index (χ1n) is 4.78. The molecule has 13 heavy (non-hydrogen) atoms. The van der Waals surface area contributed by atoms with Crippen LogP contribution in [0.3, 0.4) is 0 Å². The van der Waals surface area contributed by atoms with Crippen molar-refractivity contribution in [1.29, 1.82) is 0 Å². The molecule has 70 valence electrons.